The van der Waals surface area contributed by atoms with Gasteiger partial charge in [-0.3, -0.25) is 9.78 Å². The summed E-state index contributed by atoms with van der Waals surface area (Å²) in [5, 5.41) is 8.79. The number of nitrogens with one attached hydrogen (secondary N) is 2. The van der Waals surface area contributed by atoms with E-state index >= 15 is 0 Å². The second kappa shape index (κ2) is 5.36. The van der Waals surface area contributed by atoms with Crippen LogP contribution in [-0.4, -0.2) is 23.5 Å². The van der Waals surface area contributed by atoms with E-state index in [0.29, 0.717) is 12.5 Å². The first-order valence-electron chi connectivity index (χ1n) is 6.64. The second-order valence-electron chi connectivity index (χ2n) is 4.94. The molecule has 2 N–H and O–H groups in total. The summed E-state index contributed by atoms with van der Waals surface area (Å²) in [7, 11) is 0. The Hall–Kier alpha value is -1.94. The third-order valence-electron chi connectivity index (χ3n) is 3.60. The maximum Gasteiger partial charge on any atom is 0.220 e. The highest BCUT2D eigenvalue weighted by Crippen LogP contribution is 2.17. The average molecular weight is 255 g/mol. The van der Waals surface area contributed by atoms with E-state index in [2.05, 4.69) is 27.8 Å². The van der Waals surface area contributed by atoms with Crippen LogP contribution < -0.4 is 10.6 Å². The molecule has 2 aromatic rings. The standard InChI is InChI=1S/C15H17N3O/c19-15-6-5-13(10-18-15)17-9-12-8-16-7-11-3-1-2-4-14(11)12/h1-4,7-8,13,17H,5-6,9-10H2,(H,18,19). The average Bonchev–Trinajstić information content (AvgIpc) is 2.47. The molecule has 1 fully saturated rings. The van der Waals surface area contributed by atoms with Crippen molar-refractivity contribution in [2.24, 2.45) is 0 Å². The van der Waals surface area contributed by atoms with Gasteiger partial charge < -0.3 is 10.6 Å². The van der Waals surface area contributed by atoms with E-state index in [4.69, 9.17) is 0 Å². The number of pyridine rings is 1. The number of aromatic nitrogens is 1. The Morgan fingerprint density at radius 1 is 1.32 bits per heavy atom. The monoisotopic (exact) mass is 255 g/mol. The minimum Gasteiger partial charge on any atom is -0.355 e. The van der Waals surface area contributed by atoms with E-state index < -0.39 is 0 Å². The zero-order valence-corrected chi connectivity index (χ0v) is 10.7. The van der Waals surface area contributed by atoms with Crippen LogP contribution in [0.4, 0.5) is 0 Å². The van der Waals surface area contributed by atoms with Crippen molar-refractivity contribution >= 4 is 16.7 Å². The highest BCUT2D eigenvalue weighted by Gasteiger charge is 2.17. The zero-order valence-electron chi connectivity index (χ0n) is 10.7. The van der Waals surface area contributed by atoms with Crippen LogP contribution in [0.3, 0.4) is 0 Å². The molecule has 0 radical (unpaired) electrons. The molecule has 4 nitrogen and oxygen atoms in total. The normalized spacial score (nSPS) is 19.4. The van der Waals surface area contributed by atoms with Gasteiger partial charge in [0.1, 0.15) is 0 Å². The van der Waals surface area contributed by atoms with E-state index in [0.717, 1.165) is 19.5 Å². The summed E-state index contributed by atoms with van der Waals surface area (Å²) in [4.78, 5) is 15.4. The van der Waals surface area contributed by atoms with Crippen LogP contribution >= 0.6 is 0 Å². The lowest BCUT2D eigenvalue weighted by Crippen LogP contribution is -2.45. The highest BCUT2D eigenvalue weighted by atomic mass is 16.1. The van der Waals surface area contributed by atoms with Gasteiger partial charge in [0.05, 0.1) is 0 Å². The van der Waals surface area contributed by atoms with Crippen LogP contribution in [0, 0.1) is 0 Å². The van der Waals surface area contributed by atoms with Crippen molar-refractivity contribution in [3.63, 3.8) is 0 Å². The van der Waals surface area contributed by atoms with Gasteiger partial charge in [-0.1, -0.05) is 24.3 Å². The van der Waals surface area contributed by atoms with E-state index in [1.54, 1.807) is 0 Å². The highest BCUT2D eigenvalue weighted by molar-refractivity contribution is 5.84. The molecule has 0 spiro atoms. The lowest BCUT2D eigenvalue weighted by atomic mass is 10.1. The summed E-state index contributed by atoms with van der Waals surface area (Å²) < 4.78 is 0. The molecule has 19 heavy (non-hydrogen) atoms. The third-order valence-corrected chi connectivity index (χ3v) is 3.60. The van der Waals surface area contributed by atoms with E-state index in [1.165, 1.54) is 16.3 Å². The number of benzene rings is 1. The first-order chi connectivity index (χ1) is 9.33. The molecule has 1 aromatic heterocycles. The molecule has 0 aliphatic carbocycles. The Labute approximate surface area is 112 Å². The molecule has 1 aliphatic rings. The summed E-state index contributed by atoms with van der Waals surface area (Å²) >= 11 is 0. The first-order valence-corrected chi connectivity index (χ1v) is 6.64. The number of hydrogen-bond donors (Lipinski definition) is 2. The quantitative estimate of drug-likeness (QED) is 0.876. The van der Waals surface area contributed by atoms with Crippen LogP contribution in [0.1, 0.15) is 18.4 Å². The Morgan fingerprint density at radius 2 is 2.21 bits per heavy atom. The number of amides is 1. The lowest BCUT2D eigenvalue weighted by Gasteiger charge is -2.23. The fourth-order valence-electron chi connectivity index (χ4n) is 2.48. The van der Waals surface area contributed by atoms with Gasteiger partial charge in [0, 0.05) is 43.3 Å². The predicted molar refractivity (Wildman–Crippen MR) is 74.6 cm³/mol. The molecule has 3 rings (SSSR count). The van der Waals surface area contributed by atoms with Crippen molar-refractivity contribution in [1.82, 2.24) is 15.6 Å². The van der Waals surface area contributed by atoms with Crippen molar-refractivity contribution in [2.75, 3.05) is 6.54 Å². The SMILES string of the molecule is O=C1CCC(NCc2cncc3ccccc23)CN1. The van der Waals surface area contributed by atoms with Crippen LogP contribution in [0.15, 0.2) is 36.7 Å². The molecule has 2 heterocycles. The van der Waals surface area contributed by atoms with Gasteiger partial charge in [-0.15, -0.1) is 0 Å². The van der Waals surface area contributed by atoms with Gasteiger partial charge in [-0.25, -0.2) is 0 Å². The minimum absolute atomic E-state index is 0.157. The summed E-state index contributed by atoms with van der Waals surface area (Å²) in [6, 6.07) is 8.63. The number of fused-ring (bicyclic) bond motifs is 1. The molecule has 1 atom stereocenters. The third kappa shape index (κ3) is 2.74. The molecule has 1 aromatic carbocycles. The predicted octanol–water partition coefficient (Wildman–Crippen LogP) is 1.60. The number of rotatable bonds is 3. The van der Waals surface area contributed by atoms with E-state index in [1.807, 2.05) is 24.5 Å². The second-order valence-corrected chi connectivity index (χ2v) is 4.94. The molecule has 98 valence electrons. The molecule has 1 unspecified atom stereocenters. The Balaban J connectivity index is 1.70. The molecular weight excluding hydrogens is 238 g/mol. The van der Waals surface area contributed by atoms with Crippen LogP contribution in [0.2, 0.25) is 0 Å². The van der Waals surface area contributed by atoms with E-state index in [9.17, 15) is 4.79 Å². The Bertz CT molecular complexity index is 581. The molecule has 1 amide bonds. The summed E-state index contributed by atoms with van der Waals surface area (Å²) in [5.74, 6) is 0.157. The number of carbonyl (C=O) groups excluding carboxylic acids is 1. The first kappa shape index (κ1) is 12.1. The summed E-state index contributed by atoms with van der Waals surface area (Å²) in [6.45, 7) is 1.51. The van der Waals surface area contributed by atoms with Crippen molar-refractivity contribution in [3.05, 3.63) is 42.2 Å². The molecule has 0 saturated carbocycles. The van der Waals surface area contributed by atoms with Crippen molar-refractivity contribution in [1.29, 1.82) is 0 Å². The van der Waals surface area contributed by atoms with E-state index in [-0.39, 0.29) is 5.91 Å². The zero-order chi connectivity index (χ0) is 13.1. The van der Waals surface area contributed by atoms with Crippen LogP contribution in [-0.2, 0) is 11.3 Å². The molecule has 1 saturated heterocycles. The molecule has 4 heteroatoms. The maximum atomic E-state index is 11.1. The largest absolute Gasteiger partial charge is 0.355 e. The Kier molecular flexibility index (Phi) is 3.42. The fraction of sp³-hybridized carbons (Fsp3) is 0.333. The minimum atomic E-state index is 0.157. The van der Waals surface area contributed by atoms with Crippen molar-refractivity contribution in [3.8, 4) is 0 Å². The van der Waals surface area contributed by atoms with Crippen molar-refractivity contribution in [2.45, 2.75) is 25.4 Å². The van der Waals surface area contributed by atoms with Crippen LogP contribution in [0.5, 0.6) is 0 Å². The number of carbonyl (C=O) groups is 1. The van der Waals surface area contributed by atoms with Gasteiger partial charge in [0.2, 0.25) is 5.91 Å². The number of hydrogen-bond acceptors (Lipinski definition) is 3. The topological polar surface area (TPSA) is 54.0 Å². The van der Waals surface area contributed by atoms with Gasteiger partial charge in [-0.2, -0.15) is 0 Å². The van der Waals surface area contributed by atoms with Gasteiger partial charge in [0.25, 0.3) is 0 Å². The molecule has 1 aliphatic heterocycles. The fourth-order valence-corrected chi connectivity index (χ4v) is 2.48. The number of piperidine rings is 1. The summed E-state index contributed by atoms with van der Waals surface area (Å²) in [5.41, 5.74) is 1.20. The molecular formula is C15H17N3O. The van der Waals surface area contributed by atoms with Gasteiger partial charge in [0.15, 0.2) is 0 Å². The smallest absolute Gasteiger partial charge is 0.220 e. The van der Waals surface area contributed by atoms with Crippen LogP contribution in [0.25, 0.3) is 10.8 Å². The Morgan fingerprint density at radius 3 is 3.05 bits per heavy atom. The van der Waals surface area contributed by atoms with Crippen molar-refractivity contribution < 1.29 is 4.79 Å². The van der Waals surface area contributed by atoms with Gasteiger partial charge >= 0.3 is 0 Å². The maximum absolute atomic E-state index is 11.1. The van der Waals surface area contributed by atoms with Gasteiger partial charge in [-0.05, 0) is 17.4 Å². The lowest BCUT2D eigenvalue weighted by molar-refractivity contribution is -0.122. The number of nitrogens with zero attached hydrogens (tertiary/aromatic N) is 1. The molecule has 0 bridgehead atoms. The summed E-state index contributed by atoms with van der Waals surface area (Å²) in [6.07, 6.45) is 5.33.